The van der Waals surface area contributed by atoms with Crippen molar-refractivity contribution in [2.75, 3.05) is 0 Å². The normalized spacial score (nSPS) is 12.8. The third kappa shape index (κ3) is 5.78. The summed E-state index contributed by atoms with van der Waals surface area (Å²) in [5, 5.41) is 0. The topological polar surface area (TPSA) is 24.7 Å². The standard InChI is InChI=1S/C4H6N2S2/c7-3-5-1-2-6-4-8/h1-4H,(H,5,7)(H,6,8)/b2-1+. The van der Waals surface area contributed by atoms with Gasteiger partial charge in [-0.2, -0.15) is 0 Å². The van der Waals surface area contributed by atoms with E-state index in [1.165, 1.54) is 23.5 Å². The zero-order valence-corrected chi connectivity index (χ0v) is 5.89. The average Bonchev–Trinajstić information content (AvgIpc) is 1.81. The van der Waals surface area contributed by atoms with Crippen LogP contribution in [-0.4, -0.2) is 11.1 Å². The molecule has 0 radical (unpaired) electrons. The first kappa shape index (κ1) is 7.78. The third-order valence-corrected chi connectivity index (χ3v) is 0.639. The molecule has 0 saturated heterocycles. The van der Waals surface area contributed by atoms with Crippen molar-refractivity contribution in [3.05, 3.63) is 12.4 Å². The summed E-state index contributed by atoms with van der Waals surface area (Å²) in [6.07, 6.45) is 3.03. The second-order valence-corrected chi connectivity index (χ2v) is 1.29. The molecule has 8 heavy (non-hydrogen) atoms. The molecular formula is C4H6N2S2. The number of hydrogen-bond acceptors (Lipinski definition) is 2. The lowest BCUT2D eigenvalue weighted by atomic mass is 10.9. The Labute approximate surface area is 59.2 Å². The first-order valence-corrected chi connectivity index (χ1v) is 2.92. The van der Waals surface area contributed by atoms with E-state index >= 15 is 0 Å². The molecule has 0 saturated carbocycles. The molecule has 0 atom stereocenters. The molecule has 0 bridgehead atoms. The van der Waals surface area contributed by atoms with E-state index in [0.29, 0.717) is 0 Å². The van der Waals surface area contributed by atoms with E-state index in [4.69, 9.17) is 0 Å². The maximum atomic E-state index is 3.71. The molecule has 4 heteroatoms. The molecule has 0 amide bonds. The van der Waals surface area contributed by atoms with Crippen molar-refractivity contribution in [2.24, 2.45) is 9.98 Å². The van der Waals surface area contributed by atoms with E-state index in [2.05, 4.69) is 35.2 Å². The smallest absolute Gasteiger partial charge is 0.0566 e. The summed E-state index contributed by atoms with van der Waals surface area (Å²) in [7, 11) is 0. The van der Waals surface area contributed by atoms with Crippen LogP contribution in [0.1, 0.15) is 0 Å². The fraction of sp³-hybridized carbons (Fsp3) is 0. The van der Waals surface area contributed by atoms with Gasteiger partial charge < -0.3 is 0 Å². The van der Waals surface area contributed by atoms with Crippen LogP contribution in [0.5, 0.6) is 0 Å². The van der Waals surface area contributed by atoms with Gasteiger partial charge in [0.2, 0.25) is 0 Å². The molecular weight excluding hydrogens is 140 g/mol. The summed E-state index contributed by atoms with van der Waals surface area (Å²) < 4.78 is 0. The van der Waals surface area contributed by atoms with Gasteiger partial charge in [-0.1, -0.05) is 0 Å². The van der Waals surface area contributed by atoms with E-state index in [-0.39, 0.29) is 0 Å². The molecule has 0 spiro atoms. The number of aliphatic imine (C=N–C) groups is 2. The van der Waals surface area contributed by atoms with E-state index in [0.717, 1.165) is 0 Å². The molecule has 0 fully saturated rings. The van der Waals surface area contributed by atoms with Crippen LogP contribution in [-0.2, 0) is 0 Å². The van der Waals surface area contributed by atoms with Crippen LogP contribution in [0.4, 0.5) is 0 Å². The van der Waals surface area contributed by atoms with Gasteiger partial charge >= 0.3 is 0 Å². The molecule has 0 aliphatic rings. The predicted molar refractivity (Wildman–Crippen MR) is 44.1 cm³/mol. The summed E-state index contributed by atoms with van der Waals surface area (Å²) in [5.41, 5.74) is 2.76. The Kier molecular flexibility index (Phi) is 6.59. The SMILES string of the molecule is S/C=N/C=C/N=C/S. The maximum Gasteiger partial charge on any atom is 0.0566 e. The molecule has 0 heterocycles. The molecule has 0 aliphatic carbocycles. The van der Waals surface area contributed by atoms with Crippen molar-refractivity contribution < 1.29 is 0 Å². The van der Waals surface area contributed by atoms with Crippen LogP contribution in [0.3, 0.4) is 0 Å². The fourth-order valence-electron chi connectivity index (χ4n) is 0.154. The second-order valence-electron chi connectivity index (χ2n) is 0.827. The minimum Gasteiger partial charge on any atom is -0.257 e. The monoisotopic (exact) mass is 146 g/mol. The zero-order valence-electron chi connectivity index (χ0n) is 4.10. The Morgan fingerprint density at radius 3 is 1.50 bits per heavy atom. The van der Waals surface area contributed by atoms with Crippen LogP contribution >= 0.6 is 25.3 Å². The highest BCUT2D eigenvalue weighted by molar-refractivity contribution is 7.94. The molecule has 2 nitrogen and oxygen atoms in total. The minimum atomic E-state index is 1.38. The lowest BCUT2D eigenvalue weighted by Gasteiger charge is -1.69. The molecule has 44 valence electrons. The summed E-state index contributed by atoms with van der Waals surface area (Å²) in [6, 6.07) is 0. The van der Waals surface area contributed by atoms with Gasteiger partial charge in [0, 0.05) is 12.4 Å². The van der Waals surface area contributed by atoms with Gasteiger partial charge in [0.25, 0.3) is 0 Å². The first-order valence-electron chi connectivity index (χ1n) is 1.88. The average molecular weight is 146 g/mol. The highest BCUT2D eigenvalue weighted by atomic mass is 32.1. The highest BCUT2D eigenvalue weighted by Crippen LogP contribution is 1.76. The lowest BCUT2D eigenvalue weighted by molar-refractivity contribution is 1.51. The molecule has 0 N–H and O–H groups in total. The van der Waals surface area contributed by atoms with Gasteiger partial charge in [0.1, 0.15) is 0 Å². The predicted octanol–water partition coefficient (Wildman–Crippen LogP) is 1.37. The van der Waals surface area contributed by atoms with E-state index in [1.807, 2.05) is 0 Å². The first-order chi connectivity index (χ1) is 3.91. The number of rotatable bonds is 2. The molecule has 0 aromatic rings. The van der Waals surface area contributed by atoms with Crippen LogP contribution < -0.4 is 0 Å². The summed E-state index contributed by atoms with van der Waals surface area (Å²) in [6.45, 7) is 0. The van der Waals surface area contributed by atoms with Gasteiger partial charge in [-0.05, 0) is 0 Å². The summed E-state index contributed by atoms with van der Waals surface area (Å²) in [4.78, 5) is 7.24. The molecule has 0 unspecified atom stereocenters. The largest absolute Gasteiger partial charge is 0.257 e. The Bertz CT molecular complexity index is 103. The van der Waals surface area contributed by atoms with Crippen molar-refractivity contribution in [1.29, 1.82) is 0 Å². The molecule has 0 aliphatic heterocycles. The number of nitrogens with zero attached hydrogens (tertiary/aromatic N) is 2. The lowest BCUT2D eigenvalue weighted by Crippen LogP contribution is -1.51. The minimum absolute atomic E-state index is 1.38. The van der Waals surface area contributed by atoms with Crippen LogP contribution in [0.15, 0.2) is 22.4 Å². The van der Waals surface area contributed by atoms with E-state index < -0.39 is 0 Å². The molecule has 0 aromatic carbocycles. The summed E-state index contributed by atoms with van der Waals surface area (Å²) in [5.74, 6) is 0. The van der Waals surface area contributed by atoms with Crippen LogP contribution in [0, 0.1) is 0 Å². The Morgan fingerprint density at radius 2 is 1.25 bits per heavy atom. The van der Waals surface area contributed by atoms with Gasteiger partial charge in [-0.15, -0.1) is 25.3 Å². The highest BCUT2D eigenvalue weighted by Gasteiger charge is 1.56. The van der Waals surface area contributed by atoms with Crippen molar-refractivity contribution in [2.45, 2.75) is 0 Å². The van der Waals surface area contributed by atoms with Crippen molar-refractivity contribution in [3.8, 4) is 0 Å². The van der Waals surface area contributed by atoms with Crippen LogP contribution in [0.2, 0.25) is 0 Å². The third-order valence-electron chi connectivity index (χ3n) is 0.372. The van der Waals surface area contributed by atoms with Crippen molar-refractivity contribution in [1.82, 2.24) is 0 Å². The van der Waals surface area contributed by atoms with Gasteiger partial charge in [0.15, 0.2) is 0 Å². The van der Waals surface area contributed by atoms with Crippen molar-refractivity contribution in [3.63, 3.8) is 0 Å². The second kappa shape index (κ2) is 6.78. The zero-order chi connectivity index (χ0) is 6.24. The molecule has 0 aromatic heterocycles. The van der Waals surface area contributed by atoms with Crippen molar-refractivity contribution >= 4 is 36.4 Å². The quantitative estimate of drug-likeness (QED) is 0.334. The van der Waals surface area contributed by atoms with Gasteiger partial charge in [-0.25, -0.2) is 0 Å². The van der Waals surface area contributed by atoms with E-state index in [1.54, 1.807) is 0 Å². The molecule has 0 rings (SSSR count). The van der Waals surface area contributed by atoms with E-state index in [9.17, 15) is 0 Å². The Hall–Kier alpha value is -0.220. The Morgan fingerprint density at radius 1 is 0.875 bits per heavy atom. The van der Waals surface area contributed by atoms with Gasteiger partial charge in [0.05, 0.1) is 11.1 Å². The number of hydrogen-bond donors (Lipinski definition) is 2. The fourth-order valence-corrected chi connectivity index (χ4v) is 0.308. The van der Waals surface area contributed by atoms with Gasteiger partial charge in [-0.3, -0.25) is 9.98 Å². The Balaban J connectivity index is 3.35. The van der Waals surface area contributed by atoms with Crippen LogP contribution in [0.25, 0.3) is 0 Å². The summed E-state index contributed by atoms with van der Waals surface area (Å²) >= 11 is 7.42. The maximum absolute atomic E-state index is 3.71. The number of thiol groups is 2.